The van der Waals surface area contributed by atoms with Crippen molar-refractivity contribution in [1.82, 2.24) is 19.8 Å². The van der Waals surface area contributed by atoms with Gasteiger partial charge < -0.3 is 0 Å². The minimum absolute atomic E-state index is 0.251. The van der Waals surface area contributed by atoms with Crippen molar-refractivity contribution in [3.8, 4) is 0 Å². The summed E-state index contributed by atoms with van der Waals surface area (Å²) in [7, 11) is 0. The molecule has 2 aromatic heterocycles. The lowest BCUT2D eigenvalue weighted by molar-refractivity contribution is 0.102. The lowest BCUT2D eigenvalue weighted by Crippen LogP contribution is -2.11. The van der Waals surface area contributed by atoms with Gasteiger partial charge >= 0.3 is 0 Å². The maximum atomic E-state index is 12.2. The van der Waals surface area contributed by atoms with Crippen LogP contribution in [0, 0.1) is 6.92 Å². The van der Waals surface area contributed by atoms with Crippen molar-refractivity contribution >= 4 is 56.4 Å². The predicted molar refractivity (Wildman–Crippen MR) is 106 cm³/mol. The summed E-state index contributed by atoms with van der Waals surface area (Å²) < 4.78 is 4.58. The summed E-state index contributed by atoms with van der Waals surface area (Å²) in [6.45, 7) is 1.75. The van der Waals surface area contributed by atoms with E-state index in [0.29, 0.717) is 15.7 Å². The SMILES string of the molecule is Cc1nnsc1C(=O)Nc1nnc(SCc2cccc3ccccc23)s1. The summed E-state index contributed by atoms with van der Waals surface area (Å²) in [5, 5.41) is 17.8. The van der Waals surface area contributed by atoms with Crippen LogP contribution in [0.1, 0.15) is 20.9 Å². The number of carbonyl (C=O) groups excluding carboxylic acids is 1. The van der Waals surface area contributed by atoms with E-state index in [1.54, 1.807) is 18.7 Å². The van der Waals surface area contributed by atoms with Gasteiger partial charge in [0.1, 0.15) is 4.88 Å². The molecule has 0 saturated heterocycles. The first-order chi connectivity index (χ1) is 12.7. The minimum Gasteiger partial charge on any atom is -0.296 e. The van der Waals surface area contributed by atoms with Crippen molar-refractivity contribution < 1.29 is 4.79 Å². The number of carbonyl (C=O) groups is 1. The zero-order valence-corrected chi connectivity index (χ0v) is 16.1. The highest BCUT2D eigenvalue weighted by molar-refractivity contribution is 8.00. The molecular formula is C17H13N5OS3. The van der Waals surface area contributed by atoms with E-state index >= 15 is 0 Å². The van der Waals surface area contributed by atoms with E-state index in [1.165, 1.54) is 27.7 Å². The second-order valence-corrected chi connectivity index (χ2v) is 8.40. The first kappa shape index (κ1) is 17.1. The van der Waals surface area contributed by atoms with Crippen molar-refractivity contribution in [1.29, 1.82) is 0 Å². The van der Waals surface area contributed by atoms with Crippen LogP contribution >= 0.6 is 34.6 Å². The monoisotopic (exact) mass is 399 g/mol. The summed E-state index contributed by atoms with van der Waals surface area (Å²) in [5.74, 6) is 0.543. The van der Waals surface area contributed by atoms with Crippen molar-refractivity contribution in [2.75, 3.05) is 5.32 Å². The second kappa shape index (κ2) is 7.48. The Bertz CT molecular complexity index is 1070. The van der Waals surface area contributed by atoms with Crippen molar-refractivity contribution in [2.45, 2.75) is 17.0 Å². The number of thioether (sulfide) groups is 1. The van der Waals surface area contributed by atoms with Crippen molar-refractivity contribution in [2.24, 2.45) is 0 Å². The van der Waals surface area contributed by atoms with Crippen molar-refractivity contribution in [3.63, 3.8) is 0 Å². The summed E-state index contributed by atoms with van der Waals surface area (Å²) in [6, 6.07) is 14.6. The molecule has 0 saturated carbocycles. The van der Waals surface area contributed by atoms with Crippen LogP contribution in [-0.2, 0) is 5.75 Å². The van der Waals surface area contributed by atoms with E-state index < -0.39 is 0 Å². The highest BCUT2D eigenvalue weighted by Crippen LogP contribution is 2.31. The number of aromatic nitrogens is 4. The van der Waals surface area contributed by atoms with Gasteiger partial charge in [0.15, 0.2) is 4.34 Å². The van der Waals surface area contributed by atoms with Gasteiger partial charge in [0.2, 0.25) is 5.13 Å². The Balaban J connectivity index is 1.44. The number of fused-ring (bicyclic) bond motifs is 1. The molecule has 1 N–H and O–H groups in total. The average molecular weight is 400 g/mol. The third kappa shape index (κ3) is 3.59. The summed E-state index contributed by atoms with van der Waals surface area (Å²) in [5.41, 5.74) is 1.86. The highest BCUT2D eigenvalue weighted by Gasteiger charge is 2.15. The molecule has 4 rings (SSSR count). The smallest absolute Gasteiger partial charge is 0.271 e. The number of nitrogens with one attached hydrogen (secondary N) is 1. The number of nitrogens with zero attached hydrogens (tertiary/aromatic N) is 4. The summed E-state index contributed by atoms with van der Waals surface area (Å²) in [4.78, 5) is 12.7. The first-order valence-electron chi connectivity index (χ1n) is 7.74. The van der Waals surface area contributed by atoms with Gasteiger partial charge in [0, 0.05) is 5.75 Å². The van der Waals surface area contributed by atoms with Gasteiger partial charge in [-0.15, -0.1) is 15.3 Å². The van der Waals surface area contributed by atoms with Crippen LogP contribution in [0.3, 0.4) is 0 Å². The predicted octanol–water partition coefficient (Wildman–Crippen LogP) is 4.40. The molecule has 0 radical (unpaired) electrons. The molecule has 0 unspecified atom stereocenters. The number of rotatable bonds is 5. The molecule has 0 aliphatic carbocycles. The molecule has 1 amide bonds. The maximum absolute atomic E-state index is 12.2. The number of benzene rings is 2. The lowest BCUT2D eigenvalue weighted by Gasteiger charge is -2.04. The molecule has 0 spiro atoms. The van der Waals surface area contributed by atoms with Gasteiger partial charge in [0.05, 0.1) is 5.69 Å². The van der Waals surface area contributed by atoms with E-state index in [9.17, 15) is 4.79 Å². The Morgan fingerprint density at radius 2 is 1.96 bits per heavy atom. The summed E-state index contributed by atoms with van der Waals surface area (Å²) in [6.07, 6.45) is 0. The molecular weight excluding hydrogens is 386 g/mol. The molecule has 26 heavy (non-hydrogen) atoms. The second-order valence-electron chi connectivity index (χ2n) is 5.44. The molecule has 0 atom stereocenters. The third-order valence-corrected chi connectivity index (χ3v) is 6.56. The van der Waals surface area contributed by atoms with Crippen LogP contribution in [0.25, 0.3) is 10.8 Å². The topological polar surface area (TPSA) is 80.7 Å². The molecule has 2 aromatic carbocycles. The van der Waals surface area contributed by atoms with Crippen LogP contribution in [0.2, 0.25) is 0 Å². The quantitative estimate of drug-likeness (QED) is 0.396. The van der Waals surface area contributed by atoms with Gasteiger partial charge in [-0.25, -0.2) is 0 Å². The molecule has 0 aliphatic rings. The summed E-state index contributed by atoms with van der Waals surface area (Å²) >= 11 is 4.04. The van der Waals surface area contributed by atoms with E-state index in [4.69, 9.17) is 0 Å². The molecule has 9 heteroatoms. The largest absolute Gasteiger partial charge is 0.296 e. The fourth-order valence-corrected chi connectivity index (χ4v) is 4.77. The average Bonchev–Trinajstić information content (AvgIpc) is 3.28. The molecule has 6 nitrogen and oxygen atoms in total. The van der Waals surface area contributed by atoms with E-state index in [1.807, 2.05) is 12.1 Å². The Labute approximate surface area is 161 Å². The Hall–Kier alpha value is -2.36. The molecule has 0 aliphatic heterocycles. The first-order valence-corrected chi connectivity index (χ1v) is 10.3. The molecule has 130 valence electrons. The van der Waals surface area contributed by atoms with E-state index in [2.05, 4.69) is 55.4 Å². The van der Waals surface area contributed by atoms with Gasteiger partial charge in [0.25, 0.3) is 5.91 Å². The Morgan fingerprint density at radius 3 is 2.81 bits per heavy atom. The number of amides is 1. The van der Waals surface area contributed by atoms with Gasteiger partial charge in [-0.2, -0.15) is 0 Å². The van der Waals surface area contributed by atoms with Crippen LogP contribution in [0.15, 0.2) is 46.8 Å². The number of hydrogen-bond acceptors (Lipinski definition) is 8. The van der Waals surface area contributed by atoms with Gasteiger partial charge in [-0.3, -0.25) is 10.1 Å². The fourth-order valence-electron chi connectivity index (χ4n) is 2.47. The van der Waals surface area contributed by atoms with Crippen LogP contribution in [0.5, 0.6) is 0 Å². The molecule has 2 heterocycles. The molecule has 0 fully saturated rings. The zero-order chi connectivity index (χ0) is 17.9. The molecule has 0 bridgehead atoms. The van der Waals surface area contributed by atoms with Gasteiger partial charge in [-0.05, 0) is 34.8 Å². The number of aryl methyl sites for hydroxylation is 1. The van der Waals surface area contributed by atoms with E-state index in [0.717, 1.165) is 21.6 Å². The maximum Gasteiger partial charge on any atom is 0.271 e. The fraction of sp³-hybridized carbons (Fsp3) is 0.118. The minimum atomic E-state index is -0.251. The standard InChI is InChI=1S/C17H13N5OS3/c1-10-14(26-22-19-10)15(23)18-16-20-21-17(25-16)24-9-12-7-4-6-11-5-2-3-8-13(11)12/h2-8H,9H2,1H3,(H,18,20,23). The van der Waals surface area contributed by atoms with Gasteiger partial charge in [-0.1, -0.05) is 70.1 Å². The van der Waals surface area contributed by atoms with Crippen molar-refractivity contribution in [3.05, 3.63) is 58.6 Å². The highest BCUT2D eigenvalue weighted by atomic mass is 32.2. The zero-order valence-electron chi connectivity index (χ0n) is 13.7. The normalized spacial score (nSPS) is 11.0. The Morgan fingerprint density at radius 1 is 1.12 bits per heavy atom. The van der Waals surface area contributed by atoms with E-state index in [-0.39, 0.29) is 5.91 Å². The third-order valence-electron chi connectivity index (χ3n) is 3.72. The Kier molecular flexibility index (Phi) is 4.91. The number of anilines is 1. The lowest BCUT2D eigenvalue weighted by atomic mass is 10.1. The molecule has 4 aromatic rings. The van der Waals surface area contributed by atoms with Crippen LogP contribution in [-0.4, -0.2) is 25.7 Å². The van der Waals surface area contributed by atoms with Crippen LogP contribution < -0.4 is 5.32 Å². The van der Waals surface area contributed by atoms with Crippen LogP contribution in [0.4, 0.5) is 5.13 Å². The number of hydrogen-bond donors (Lipinski definition) is 1.